The smallest absolute Gasteiger partial charge is 0.119 e. The second-order valence-electron chi connectivity index (χ2n) is 4.86. The van der Waals surface area contributed by atoms with E-state index in [4.69, 9.17) is 9.47 Å². The number of methoxy groups -OCH3 is 1. The van der Waals surface area contributed by atoms with Crippen LogP contribution in [0.4, 0.5) is 0 Å². The van der Waals surface area contributed by atoms with Gasteiger partial charge in [-0.3, -0.25) is 0 Å². The highest BCUT2D eigenvalue weighted by Gasteiger charge is 1.98. The third kappa shape index (κ3) is 5.12. The second-order valence-corrected chi connectivity index (χ2v) is 4.86. The quantitative estimate of drug-likeness (QED) is 0.754. The molecule has 112 valence electrons. The van der Waals surface area contributed by atoms with E-state index < -0.39 is 0 Å². The van der Waals surface area contributed by atoms with Crippen molar-refractivity contribution in [1.82, 2.24) is 5.32 Å². The summed E-state index contributed by atoms with van der Waals surface area (Å²) in [6.45, 7) is 4.51. The molecular weight excluding hydrogens is 262 g/mol. The standard InChI is InChI=1S/C18H23NO2/c1-3-21-18-6-4-5-16(13-18)14-19-12-11-15-7-9-17(20-2)10-8-15/h4-10,13,19H,3,11-12,14H2,1-2H3. The molecule has 2 aromatic rings. The Labute approximate surface area is 126 Å². The van der Waals surface area contributed by atoms with Crippen molar-refractivity contribution < 1.29 is 9.47 Å². The summed E-state index contributed by atoms with van der Waals surface area (Å²) in [5.74, 6) is 1.84. The van der Waals surface area contributed by atoms with Gasteiger partial charge in [0.05, 0.1) is 13.7 Å². The van der Waals surface area contributed by atoms with Crippen LogP contribution in [-0.2, 0) is 13.0 Å². The summed E-state index contributed by atoms with van der Waals surface area (Å²) in [4.78, 5) is 0. The maximum atomic E-state index is 5.50. The first-order valence-electron chi connectivity index (χ1n) is 7.37. The molecule has 3 heteroatoms. The van der Waals surface area contributed by atoms with Crippen molar-refractivity contribution in [1.29, 1.82) is 0 Å². The average Bonchev–Trinajstić information content (AvgIpc) is 2.53. The number of benzene rings is 2. The average molecular weight is 285 g/mol. The normalized spacial score (nSPS) is 10.4. The number of ether oxygens (including phenoxy) is 2. The van der Waals surface area contributed by atoms with Gasteiger partial charge in [0, 0.05) is 6.54 Å². The summed E-state index contributed by atoms with van der Waals surface area (Å²) < 4.78 is 10.7. The maximum absolute atomic E-state index is 5.50. The van der Waals surface area contributed by atoms with Crippen LogP contribution in [0.2, 0.25) is 0 Å². The minimum Gasteiger partial charge on any atom is -0.497 e. The molecule has 0 aliphatic rings. The van der Waals surface area contributed by atoms with E-state index in [0.29, 0.717) is 6.61 Å². The Morgan fingerprint density at radius 3 is 2.48 bits per heavy atom. The number of hydrogen-bond acceptors (Lipinski definition) is 3. The highest BCUT2D eigenvalue weighted by Crippen LogP contribution is 2.13. The molecule has 0 radical (unpaired) electrons. The third-order valence-electron chi connectivity index (χ3n) is 3.29. The van der Waals surface area contributed by atoms with Gasteiger partial charge in [0.25, 0.3) is 0 Å². The van der Waals surface area contributed by atoms with Crippen LogP contribution >= 0.6 is 0 Å². The largest absolute Gasteiger partial charge is 0.497 e. The molecular formula is C18H23NO2. The Hall–Kier alpha value is -2.00. The van der Waals surface area contributed by atoms with E-state index in [-0.39, 0.29) is 0 Å². The predicted octanol–water partition coefficient (Wildman–Crippen LogP) is 3.43. The number of nitrogens with one attached hydrogen (secondary N) is 1. The van der Waals surface area contributed by atoms with Gasteiger partial charge in [-0.25, -0.2) is 0 Å². The van der Waals surface area contributed by atoms with Crippen molar-refractivity contribution in [2.75, 3.05) is 20.3 Å². The SMILES string of the molecule is CCOc1cccc(CNCCc2ccc(OC)cc2)c1. The summed E-state index contributed by atoms with van der Waals surface area (Å²) in [5, 5.41) is 3.46. The number of rotatable bonds is 8. The van der Waals surface area contributed by atoms with E-state index in [2.05, 4.69) is 29.6 Å². The summed E-state index contributed by atoms with van der Waals surface area (Å²) in [5.41, 5.74) is 2.56. The molecule has 21 heavy (non-hydrogen) atoms. The van der Waals surface area contributed by atoms with Crippen LogP contribution < -0.4 is 14.8 Å². The van der Waals surface area contributed by atoms with Crippen molar-refractivity contribution >= 4 is 0 Å². The van der Waals surface area contributed by atoms with Crippen LogP contribution in [0, 0.1) is 0 Å². The molecule has 0 atom stereocenters. The molecule has 0 bridgehead atoms. The lowest BCUT2D eigenvalue weighted by Gasteiger charge is -2.08. The minimum absolute atomic E-state index is 0.703. The van der Waals surface area contributed by atoms with Crippen LogP contribution in [0.25, 0.3) is 0 Å². The van der Waals surface area contributed by atoms with Crippen LogP contribution in [0.3, 0.4) is 0 Å². The lowest BCUT2D eigenvalue weighted by Crippen LogP contribution is -2.16. The van der Waals surface area contributed by atoms with Gasteiger partial charge in [0.1, 0.15) is 11.5 Å². The van der Waals surface area contributed by atoms with Gasteiger partial charge >= 0.3 is 0 Å². The fraction of sp³-hybridized carbons (Fsp3) is 0.333. The van der Waals surface area contributed by atoms with Crippen LogP contribution in [0.15, 0.2) is 48.5 Å². The Bertz CT molecular complexity index is 537. The fourth-order valence-corrected chi connectivity index (χ4v) is 2.17. The zero-order chi connectivity index (χ0) is 14.9. The highest BCUT2D eigenvalue weighted by molar-refractivity contribution is 5.29. The number of hydrogen-bond donors (Lipinski definition) is 1. The van der Waals surface area contributed by atoms with Gasteiger partial charge in [-0.15, -0.1) is 0 Å². The Balaban J connectivity index is 1.74. The summed E-state index contributed by atoms with van der Waals surface area (Å²) in [6, 6.07) is 16.4. The molecule has 0 saturated heterocycles. The van der Waals surface area contributed by atoms with Gasteiger partial charge in [-0.2, -0.15) is 0 Å². The Morgan fingerprint density at radius 2 is 1.76 bits per heavy atom. The van der Waals surface area contributed by atoms with Gasteiger partial charge in [-0.1, -0.05) is 24.3 Å². The molecule has 0 aliphatic heterocycles. The molecule has 0 saturated carbocycles. The fourth-order valence-electron chi connectivity index (χ4n) is 2.17. The predicted molar refractivity (Wildman–Crippen MR) is 86.0 cm³/mol. The van der Waals surface area contributed by atoms with Gasteiger partial charge in [0.15, 0.2) is 0 Å². The molecule has 0 heterocycles. The maximum Gasteiger partial charge on any atom is 0.119 e. The lowest BCUT2D eigenvalue weighted by molar-refractivity contribution is 0.340. The molecule has 0 amide bonds. The second kappa shape index (κ2) is 8.32. The third-order valence-corrected chi connectivity index (χ3v) is 3.29. The molecule has 2 aromatic carbocycles. The summed E-state index contributed by atoms with van der Waals surface area (Å²) in [7, 11) is 1.69. The molecule has 3 nitrogen and oxygen atoms in total. The molecule has 0 unspecified atom stereocenters. The van der Waals surface area contributed by atoms with E-state index in [0.717, 1.165) is 31.0 Å². The molecule has 0 spiro atoms. The zero-order valence-corrected chi connectivity index (χ0v) is 12.8. The first kappa shape index (κ1) is 15.4. The summed E-state index contributed by atoms with van der Waals surface area (Å²) in [6.07, 6.45) is 1.01. The summed E-state index contributed by atoms with van der Waals surface area (Å²) >= 11 is 0. The van der Waals surface area contributed by atoms with E-state index in [1.165, 1.54) is 11.1 Å². The van der Waals surface area contributed by atoms with Crippen molar-refractivity contribution in [2.24, 2.45) is 0 Å². The van der Waals surface area contributed by atoms with E-state index in [9.17, 15) is 0 Å². The monoisotopic (exact) mass is 285 g/mol. The zero-order valence-electron chi connectivity index (χ0n) is 12.8. The van der Waals surface area contributed by atoms with Gasteiger partial charge < -0.3 is 14.8 Å². The van der Waals surface area contributed by atoms with Crippen LogP contribution in [0.1, 0.15) is 18.1 Å². The van der Waals surface area contributed by atoms with Crippen LogP contribution in [0.5, 0.6) is 11.5 Å². The van der Waals surface area contributed by atoms with Crippen molar-refractivity contribution in [3.8, 4) is 11.5 Å². The molecule has 0 aliphatic carbocycles. The van der Waals surface area contributed by atoms with Gasteiger partial charge in [-0.05, 0) is 55.3 Å². The van der Waals surface area contributed by atoms with Crippen molar-refractivity contribution in [2.45, 2.75) is 19.9 Å². The molecule has 0 aromatic heterocycles. The first-order valence-corrected chi connectivity index (χ1v) is 7.37. The topological polar surface area (TPSA) is 30.5 Å². The molecule has 0 fully saturated rings. The Morgan fingerprint density at radius 1 is 0.952 bits per heavy atom. The molecule has 1 N–H and O–H groups in total. The van der Waals surface area contributed by atoms with Crippen molar-refractivity contribution in [3.05, 3.63) is 59.7 Å². The highest BCUT2D eigenvalue weighted by atomic mass is 16.5. The Kier molecular flexibility index (Phi) is 6.10. The van der Waals surface area contributed by atoms with Crippen molar-refractivity contribution in [3.63, 3.8) is 0 Å². The minimum atomic E-state index is 0.703. The van der Waals surface area contributed by atoms with Gasteiger partial charge in [0.2, 0.25) is 0 Å². The van der Waals surface area contributed by atoms with Crippen LogP contribution in [-0.4, -0.2) is 20.3 Å². The van der Waals surface area contributed by atoms with E-state index >= 15 is 0 Å². The first-order chi connectivity index (χ1) is 10.3. The molecule has 2 rings (SSSR count). The van der Waals surface area contributed by atoms with E-state index in [1.807, 2.05) is 31.2 Å². The van der Waals surface area contributed by atoms with E-state index in [1.54, 1.807) is 7.11 Å². The lowest BCUT2D eigenvalue weighted by atomic mass is 10.1.